The topological polar surface area (TPSA) is 105 Å². The Bertz CT molecular complexity index is 1790. The van der Waals surface area contributed by atoms with Gasteiger partial charge in [-0.25, -0.2) is 8.42 Å². The highest BCUT2D eigenvalue weighted by Crippen LogP contribution is 2.36. The summed E-state index contributed by atoms with van der Waals surface area (Å²) < 4.78 is 40.6. The highest BCUT2D eigenvalue weighted by molar-refractivity contribution is 7.92. The number of amides is 2. The maximum absolute atomic E-state index is 14.7. The van der Waals surface area contributed by atoms with Crippen molar-refractivity contribution in [3.63, 3.8) is 0 Å². The number of nitrogens with one attached hydrogen (secondary N) is 1. The molecule has 0 aromatic heterocycles. The molecule has 0 aliphatic rings. The van der Waals surface area contributed by atoms with Crippen molar-refractivity contribution in [3.8, 4) is 11.5 Å². The fourth-order valence-corrected chi connectivity index (χ4v) is 7.01. The normalized spacial score (nSPS) is 11.9. The second-order valence-electron chi connectivity index (χ2n) is 11.4. The Morgan fingerprint density at radius 1 is 0.833 bits per heavy atom. The molecule has 0 heterocycles. The van der Waals surface area contributed by atoms with E-state index < -0.39 is 34.4 Å². The number of ether oxygens (including phenoxy) is 2. The molecule has 9 nitrogen and oxygen atoms in total. The minimum atomic E-state index is -4.36. The number of halogens is 2. The standard InChI is InChI=1S/C36H39Cl2N3O6S/c1-25(2)22-39-36(43)33(20-26-12-7-5-8-13-26)40(23-29-30(37)16-11-17-31(29)38)35(42)24-41(48(44,45)28-14-9-6-10-15-28)32-21-27(46-3)18-19-34(32)47-4/h5-19,21,25,33H,20,22-24H2,1-4H3,(H,39,43)/t33-/m0/s1. The molecule has 2 amide bonds. The monoisotopic (exact) mass is 711 g/mol. The van der Waals surface area contributed by atoms with Crippen LogP contribution in [0.25, 0.3) is 0 Å². The van der Waals surface area contributed by atoms with Gasteiger partial charge in [-0.2, -0.15) is 0 Å². The van der Waals surface area contributed by atoms with Gasteiger partial charge in [0.15, 0.2) is 0 Å². The molecule has 0 saturated carbocycles. The summed E-state index contributed by atoms with van der Waals surface area (Å²) in [6.07, 6.45) is 0.145. The van der Waals surface area contributed by atoms with Gasteiger partial charge < -0.3 is 19.7 Å². The van der Waals surface area contributed by atoms with Crippen LogP contribution < -0.4 is 19.1 Å². The molecule has 0 saturated heterocycles. The summed E-state index contributed by atoms with van der Waals surface area (Å²) in [5.41, 5.74) is 1.29. The van der Waals surface area contributed by atoms with Gasteiger partial charge in [-0.3, -0.25) is 13.9 Å². The number of nitrogens with zero attached hydrogens (tertiary/aromatic N) is 2. The number of benzene rings is 4. The van der Waals surface area contributed by atoms with Crippen molar-refractivity contribution in [2.45, 2.75) is 37.8 Å². The van der Waals surface area contributed by atoms with E-state index in [1.165, 1.54) is 37.3 Å². The van der Waals surface area contributed by atoms with E-state index in [4.69, 9.17) is 32.7 Å². The molecular weight excluding hydrogens is 673 g/mol. The lowest BCUT2D eigenvalue weighted by atomic mass is 10.0. The Morgan fingerprint density at radius 3 is 2.04 bits per heavy atom. The van der Waals surface area contributed by atoms with Crippen molar-refractivity contribution in [3.05, 3.63) is 118 Å². The van der Waals surface area contributed by atoms with Gasteiger partial charge in [0.2, 0.25) is 11.8 Å². The number of carbonyl (C=O) groups excluding carboxylic acids is 2. The third-order valence-electron chi connectivity index (χ3n) is 7.61. The van der Waals surface area contributed by atoms with E-state index in [0.29, 0.717) is 27.9 Å². The molecule has 1 atom stereocenters. The zero-order chi connectivity index (χ0) is 34.8. The average molecular weight is 713 g/mol. The number of methoxy groups -OCH3 is 2. The fourth-order valence-electron chi connectivity index (χ4n) is 5.05. The molecule has 48 heavy (non-hydrogen) atoms. The van der Waals surface area contributed by atoms with E-state index in [2.05, 4.69) is 5.32 Å². The Hall–Kier alpha value is -4.25. The van der Waals surface area contributed by atoms with E-state index in [0.717, 1.165) is 9.87 Å². The van der Waals surface area contributed by atoms with Crippen LogP contribution in [-0.2, 0) is 32.6 Å². The Balaban J connectivity index is 1.89. The minimum Gasteiger partial charge on any atom is -0.497 e. The zero-order valence-electron chi connectivity index (χ0n) is 27.2. The van der Waals surface area contributed by atoms with Crippen LogP contribution >= 0.6 is 23.2 Å². The number of anilines is 1. The molecule has 0 aliphatic carbocycles. The summed E-state index contributed by atoms with van der Waals surface area (Å²) in [7, 11) is -1.50. The summed E-state index contributed by atoms with van der Waals surface area (Å²) in [5, 5.41) is 3.55. The lowest BCUT2D eigenvalue weighted by Gasteiger charge is -2.34. The van der Waals surface area contributed by atoms with Crippen molar-refractivity contribution in [1.29, 1.82) is 0 Å². The number of sulfonamides is 1. The molecule has 254 valence electrons. The summed E-state index contributed by atoms with van der Waals surface area (Å²) in [5.74, 6) is -0.391. The van der Waals surface area contributed by atoms with E-state index in [1.54, 1.807) is 48.5 Å². The van der Waals surface area contributed by atoms with Gasteiger partial charge in [0.1, 0.15) is 24.1 Å². The van der Waals surface area contributed by atoms with Crippen LogP contribution in [0, 0.1) is 5.92 Å². The highest BCUT2D eigenvalue weighted by Gasteiger charge is 2.36. The number of rotatable bonds is 15. The molecule has 4 aromatic carbocycles. The second kappa shape index (κ2) is 16.7. The van der Waals surface area contributed by atoms with Crippen LogP contribution in [0.3, 0.4) is 0 Å². The first-order chi connectivity index (χ1) is 23.0. The Kier molecular flexibility index (Phi) is 12.7. The van der Waals surface area contributed by atoms with E-state index in [-0.39, 0.29) is 35.2 Å². The van der Waals surface area contributed by atoms with Crippen LogP contribution in [0.4, 0.5) is 5.69 Å². The van der Waals surface area contributed by atoms with Crippen LogP contribution in [-0.4, -0.2) is 58.5 Å². The third-order valence-corrected chi connectivity index (χ3v) is 10.1. The molecule has 1 N–H and O–H groups in total. The highest BCUT2D eigenvalue weighted by atomic mass is 35.5. The average Bonchev–Trinajstić information content (AvgIpc) is 3.09. The molecular formula is C36H39Cl2N3O6S. The maximum atomic E-state index is 14.7. The summed E-state index contributed by atoms with van der Waals surface area (Å²) >= 11 is 13.2. The first-order valence-corrected chi connectivity index (χ1v) is 17.5. The first-order valence-electron chi connectivity index (χ1n) is 15.3. The molecule has 0 spiro atoms. The van der Waals surface area contributed by atoms with Crippen LogP contribution in [0.15, 0.2) is 102 Å². The molecule has 12 heteroatoms. The smallest absolute Gasteiger partial charge is 0.264 e. The van der Waals surface area contributed by atoms with Gasteiger partial charge >= 0.3 is 0 Å². The van der Waals surface area contributed by atoms with Crippen molar-refractivity contribution in [2.24, 2.45) is 5.92 Å². The van der Waals surface area contributed by atoms with E-state index in [9.17, 15) is 18.0 Å². The second-order valence-corrected chi connectivity index (χ2v) is 14.1. The zero-order valence-corrected chi connectivity index (χ0v) is 29.6. The lowest BCUT2D eigenvalue weighted by molar-refractivity contribution is -0.140. The molecule has 0 unspecified atom stereocenters. The first kappa shape index (κ1) is 36.6. The third kappa shape index (κ3) is 9.00. The summed E-state index contributed by atoms with van der Waals surface area (Å²) in [6, 6.07) is 25.6. The van der Waals surface area contributed by atoms with Crippen LogP contribution in [0.1, 0.15) is 25.0 Å². The summed E-state index contributed by atoms with van der Waals surface area (Å²) in [6.45, 7) is 3.44. The van der Waals surface area contributed by atoms with E-state index >= 15 is 0 Å². The fraction of sp³-hybridized carbons (Fsp3) is 0.278. The van der Waals surface area contributed by atoms with E-state index in [1.807, 2.05) is 44.2 Å². The molecule has 4 rings (SSSR count). The molecule has 0 aliphatic heterocycles. The summed E-state index contributed by atoms with van der Waals surface area (Å²) in [4.78, 5) is 30.0. The SMILES string of the molecule is COc1ccc(OC)c(N(CC(=O)N(Cc2c(Cl)cccc2Cl)[C@@H](Cc2ccccc2)C(=O)NCC(C)C)S(=O)(=O)c2ccccc2)c1. The quantitative estimate of drug-likeness (QED) is 0.149. The van der Waals surface area contributed by atoms with Crippen molar-refractivity contribution in [1.82, 2.24) is 10.2 Å². The lowest BCUT2D eigenvalue weighted by Crippen LogP contribution is -2.53. The number of hydrogen-bond donors (Lipinski definition) is 1. The number of carbonyl (C=O) groups is 2. The van der Waals surface area contributed by atoms with Crippen molar-refractivity contribution >= 4 is 50.7 Å². The van der Waals surface area contributed by atoms with Crippen molar-refractivity contribution < 1.29 is 27.5 Å². The molecule has 0 radical (unpaired) electrons. The Morgan fingerprint density at radius 2 is 1.46 bits per heavy atom. The predicted octanol–water partition coefficient (Wildman–Crippen LogP) is 6.62. The van der Waals surface area contributed by atoms with Gasteiger partial charge in [0, 0.05) is 41.2 Å². The van der Waals surface area contributed by atoms with Crippen LogP contribution in [0.5, 0.6) is 11.5 Å². The molecule has 0 bridgehead atoms. The van der Waals surface area contributed by atoms with Gasteiger partial charge in [-0.05, 0) is 47.9 Å². The maximum Gasteiger partial charge on any atom is 0.264 e. The molecule has 4 aromatic rings. The van der Waals surface area contributed by atoms with Gasteiger partial charge in [0.05, 0.1) is 24.8 Å². The Labute approximate surface area is 292 Å². The van der Waals surface area contributed by atoms with Gasteiger partial charge in [0.25, 0.3) is 10.0 Å². The van der Waals surface area contributed by atoms with Crippen molar-refractivity contribution in [2.75, 3.05) is 31.6 Å². The molecule has 0 fully saturated rings. The van der Waals surface area contributed by atoms with Gasteiger partial charge in [-0.15, -0.1) is 0 Å². The predicted molar refractivity (Wildman–Crippen MR) is 189 cm³/mol. The largest absolute Gasteiger partial charge is 0.497 e. The van der Waals surface area contributed by atoms with Gasteiger partial charge in [-0.1, -0.05) is 91.6 Å². The minimum absolute atomic E-state index is 0.0427. The van der Waals surface area contributed by atoms with Crippen LogP contribution in [0.2, 0.25) is 10.0 Å². The number of hydrogen-bond acceptors (Lipinski definition) is 6.